The molecular formula is C22H26N6O2S. The van der Waals surface area contributed by atoms with Gasteiger partial charge in [-0.25, -0.2) is 15.0 Å². The van der Waals surface area contributed by atoms with Crippen LogP contribution in [-0.2, 0) is 0 Å². The number of hydrogen-bond acceptors (Lipinski definition) is 9. The Morgan fingerprint density at radius 2 is 1.87 bits per heavy atom. The Balaban J connectivity index is 1.41. The number of phenols is 1. The molecule has 3 N–H and O–H groups in total. The summed E-state index contributed by atoms with van der Waals surface area (Å²) in [6.45, 7) is 6.38. The van der Waals surface area contributed by atoms with Crippen LogP contribution in [0, 0.1) is 6.92 Å². The summed E-state index contributed by atoms with van der Waals surface area (Å²) in [5.41, 5.74) is 1.01. The van der Waals surface area contributed by atoms with Crippen LogP contribution in [0.15, 0.2) is 36.5 Å². The van der Waals surface area contributed by atoms with E-state index in [-0.39, 0.29) is 12.4 Å². The predicted octanol–water partition coefficient (Wildman–Crippen LogP) is 2.98. The number of thiazole rings is 1. The Kier molecular flexibility index (Phi) is 6.76. The lowest BCUT2D eigenvalue weighted by molar-refractivity contribution is 0.188. The van der Waals surface area contributed by atoms with Crippen molar-refractivity contribution in [3.63, 3.8) is 0 Å². The van der Waals surface area contributed by atoms with Gasteiger partial charge in [0.1, 0.15) is 23.2 Å². The number of aliphatic hydroxyl groups is 1. The number of phenolic OH excluding ortho intramolecular Hbond substituents is 1. The van der Waals surface area contributed by atoms with E-state index in [1.54, 1.807) is 23.5 Å². The quantitative estimate of drug-likeness (QED) is 0.518. The van der Waals surface area contributed by atoms with Crippen LogP contribution in [0.3, 0.4) is 0 Å². The molecule has 1 saturated heterocycles. The van der Waals surface area contributed by atoms with Gasteiger partial charge in [-0.1, -0.05) is 29.5 Å². The molecule has 0 spiro atoms. The van der Waals surface area contributed by atoms with Gasteiger partial charge in [-0.05, 0) is 30.7 Å². The average molecular weight is 439 g/mol. The Morgan fingerprint density at radius 1 is 1.10 bits per heavy atom. The van der Waals surface area contributed by atoms with E-state index in [2.05, 4.69) is 30.1 Å². The molecular weight excluding hydrogens is 412 g/mol. The summed E-state index contributed by atoms with van der Waals surface area (Å²) >= 11 is 1.54. The zero-order chi connectivity index (χ0) is 21.6. The Morgan fingerprint density at radius 3 is 2.61 bits per heavy atom. The molecule has 0 saturated carbocycles. The second kappa shape index (κ2) is 9.86. The molecule has 0 unspecified atom stereocenters. The van der Waals surface area contributed by atoms with E-state index in [4.69, 9.17) is 5.11 Å². The number of benzene rings is 1. The summed E-state index contributed by atoms with van der Waals surface area (Å²) in [6.07, 6.45) is 5.80. The molecule has 0 aliphatic carbocycles. The molecule has 4 rings (SSSR count). The lowest BCUT2D eigenvalue weighted by Gasteiger charge is -2.35. The van der Waals surface area contributed by atoms with Crippen LogP contribution >= 0.6 is 11.3 Å². The van der Waals surface area contributed by atoms with Crippen LogP contribution in [0.25, 0.3) is 12.2 Å². The number of anilines is 3. The number of hydrogen-bond donors (Lipinski definition) is 3. The van der Waals surface area contributed by atoms with Crippen molar-refractivity contribution in [1.82, 2.24) is 19.9 Å². The van der Waals surface area contributed by atoms with Crippen molar-refractivity contribution in [2.24, 2.45) is 0 Å². The average Bonchev–Trinajstić information content (AvgIpc) is 3.21. The van der Waals surface area contributed by atoms with Gasteiger partial charge in [0.2, 0.25) is 0 Å². The fraction of sp³-hybridized carbons (Fsp3) is 0.318. The van der Waals surface area contributed by atoms with Crippen molar-refractivity contribution >= 4 is 40.3 Å². The minimum atomic E-state index is 0.195. The van der Waals surface area contributed by atoms with Crippen LogP contribution in [0.1, 0.15) is 16.3 Å². The van der Waals surface area contributed by atoms with E-state index in [1.807, 2.05) is 43.5 Å². The highest BCUT2D eigenvalue weighted by Crippen LogP contribution is 2.25. The zero-order valence-corrected chi connectivity index (χ0v) is 18.2. The predicted molar refractivity (Wildman–Crippen MR) is 125 cm³/mol. The minimum Gasteiger partial charge on any atom is -0.508 e. The molecule has 0 radical (unpaired) electrons. The third kappa shape index (κ3) is 5.78. The minimum absolute atomic E-state index is 0.195. The van der Waals surface area contributed by atoms with E-state index in [0.717, 1.165) is 59.9 Å². The van der Waals surface area contributed by atoms with Gasteiger partial charge in [-0.3, -0.25) is 4.90 Å². The molecule has 2 aromatic heterocycles. The van der Waals surface area contributed by atoms with Gasteiger partial charge in [-0.15, -0.1) is 0 Å². The van der Waals surface area contributed by atoms with Crippen LogP contribution < -0.4 is 10.2 Å². The second-order valence-corrected chi connectivity index (χ2v) is 8.39. The molecule has 3 heterocycles. The molecule has 1 aromatic carbocycles. The van der Waals surface area contributed by atoms with Gasteiger partial charge in [0, 0.05) is 49.9 Å². The number of β-amino-alcohol motifs (C(OH)–C–C–N with tert-alkyl or cyclic N) is 1. The van der Waals surface area contributed by atoms with Gasteiger partial charge in [0.05, 0.1) is 6.61 Å². The van der Waals surface area contributed by atoms with Crippen molar-refractivity contribution in [3.8, 4) is 5.75 Å². The van der Waals surface area contributed by atoms with Gasteiger partial charge < -0.3 is 20.4 Å². The number of piperazine rings is 1. The number of nitrogens with one attached hydrogen (secondary N) is 1. The smallest absolute Gasteiger partial charge is 0.188 e. The van der Waals surface area contributed by atoms with E-state index in [1.165, 1.54) is 0 Å². The van der Waals surface area contributed by atoms with Crippen LogP contribution in [0.4, 0.5) is 16.8 Å². The number of aromatic nitrogens is 3. The molecule has 1 aliphatic rings. The fourth-order valence-electron chi connectivity index (χ4n) is 3.41. The number of aromatic hydroxyl groups is 1. The lowest BCUT2D eigenvalue weighted by Crippen LogP contribution is -2.47. The normalized spacial score (nSPS) is 15.0. The van der Waals surface area contributed by atoms with Crippen LogP contribution in [0.2, 0.25) is 0 Å². The number of nitrogens with zero attached hydrogens (tertiary/aromatic N) is 5. The summed E-state index contributed by atoms with van der Waals surface area (Å²) in [6, 6.07) is 9.02. The molecule has 1 fully saturated rings. The van der Waals surface area contributed by atoms with Crippen molar-refractivity contribution in [2.45, 2.75) is 6.92 Å². The maximum absolute atomic E-state index is 9.38. The SMILES string of the molecule is Cc1nc(Nc2ncc(/C=C/c3ccc(O)cc3)s2)cc(N2CCN(CCO)CC2)n1. The van der Waals surface area contributed by atoms with Crippen LogP contribution in [0.5, 0.6) is 5.75 Å². The number of aliphatic hydroxyl groups excluding tert-OH is 1. The molecule has 0 atom stereocenters. The first-order valence-corrected chi connectivity index (χ1v) is 11.0. The molecule has 3 aromatic rings. The molecule has 1 aliphatic heterocycles. The Bertz CT molecular complexity index is 1030. The number of aryl methyl sites for hydroxylation is 1. The zero-order valence-electron chi connectivity index (χ0n) is 17.4. The maximum atomic E-state index is 9.38. The molecule has 162 valence electrons. The van der Waals surface area contributed by atoms with E-state index in [0.29, 0.717) is 5.82 Å². The summed E-state index contributed by atoms with van der Waals surface area (Å²) in [7, 11) is 0. The molecule has 0 bridgehead atoms. The number of rotatable bonds is 7. The van der Waals surface area contributed by atoms with Gasteiger partial charge in [-0.2, -0.15) is 0 Å². The largest absolute Gasteiger partial charge is 0.508 e. The monoisotopic (exact) mass is 438 g/mol. The van der Waals surface area contributed by atoms with Gasteiger partial charge in [0.15, 0.2) is 5.13 Å². The Labute approximate surface area is 185 Å². The first-order chi connectivity index (χ1) is 15.1. The summed E-state index contributed by atoms with van der Waals surface area (Å²) in [5.74, 6) is 2.60. The standard InChI is InChI=1S/C22H26N6O2S/c1-16-24-20(14-21(25-16)28-10-8-27(9-11-28)12-13-29)26-22-23-15-19(31-22)7-4-17-2-5-18(30)6-3-17/h2-7,14-15,29-30H,8-13H2,1H3,(H,23,24,25,26)/b7-4+. The summed E-state index contributed by atoms with van der Waals surface area (Å²) in [4.78, 5) is 19.1. The van der Waals surface area contributed by atoms with Crippen molar-refractivity contribution in [1.29, 1.82) is 0 Å². The third-order valence-corrected chi connectivity index (χ3v) is 5.91. The van der Waals surface area contributed by atoms with E-state index < -0.39 is 0 Å². The van der Waals surface area contributed by atoms with Crippen molar-refractivity contribution in [2.75, 3.05) is 49.5 Å². The highest BCUT2D eigenvalue weighted by Gasteiger charge is 2.18. The van der Waals surface area contributed by atoms with Crippen LogP contribution in [-0.4, -0.2) is 69.4 Å². The first-order valence-electron chi connectivity index (χ1n) is 10.2. The maximum Gasteiger partial charge on any atom is 0.188 e. The van der Waals surface area contributed by atoms with Crippen molar-refractivity contribution < 1.29 is 10.2 Å². The van der Waals surface area contributed by atoms with Gasteiger partial charge in [0.25, 0.3) is 0 Å². The molecule has 31 heavy (non-hydrogen) atoms. The molecule has 9 heteroatoms. The van der Waals surface area contributed by atoms with E-state index >= 15 is 0 Å². The second-order valence-electron chi connectivity index (χ2n) is 7.33. The first kappa shape index (κ1) is 21.2. The topological polar surface area (TPSA) is 97.6 Å². The highest BCUT2D eigenvalue weighted by atomic mass is 32.1. The lowest BCUT2D eigenvalue weighted by atomic mass is 10.2. The van der Waals surface area contributed by atoms with Gasteiger partial charge >= 0.3 is 0 Å². The Hall–Kier alpha value is -3.01. The van der Waals surface area contributed by atoms with Crippen molar-refractivity contribution in [3.05, 3.63) is 52.8 Å². The highest BCUT2D eigenvalue weighted by molar-refractivity contribution is 7.16. The summed E-state index contributed by atoms with van der Waals surface area (Å²) in [5, 5.41) is 22.6. The molecule has 8 nitrogen and oxygen atoms in total. The molecule has 0 amide bonds. The third-order valence-electron chi connectivity index (χ3n) is 5.03. The fourth-order valence-corrected chi connectivity index (χ4v) is 4.14. The van der Waals surface area contributed by atoms with E-state index in [9.17, 15) is 5.11 Å². The summed E-state index contributed by atoms with van der Waals surface area (Å²) < 4.78 is 0.